The largest absolute Gasteiger partial charge is 0.481 e. The predicted octanol–water partition coefficient (Wildman–Crippen LogP) is 12.6. The third kappa shape index (κ3) is 6.61. The molecule has 0 amide bonds. The molecule has 0 atom stereocenters. The smallest absolute Gasteiger partial charge is 0.141 e. The van der Waals surface area contributed by atoms with Crippen LogP contribution in [0, 0.1) is 26.0 Å². The molecule has 0 aliphatic heterocycles. The summed E-state index contributed by atoms with van der Waals surface area (Å²) in [4.78, 5) is 14.6. The second-order valence-corrected chi connectivity index (χ2v) is 14.4. The molecule has 55 heavy (non-hydrogen) atoms. The number of aromatic nitrogens is 3. The van der Waals surface area contributed by atoms with E-state index in [2.05, 4.69) is 136 Å². The fraction of sp³-hybridized carbons (Fsp3) is 0.100. The Labute approximate surface area is 335 Å². The van der Waals surface area contributed by atoms with Gasteiger partial charge >= 0.3 is 0 Å². The standard InChI is InChI=1S/C31H25N2.C19H12NO.Ir/c1-19-10-9-11-20(2)28(19)29-23-13-6-8-15-27(23)32-30(33-29)21-16-17-26-24(18-21)22-12-5-7-14-25(22)31(26,3)4;1-2-7-14(8-3-1)15-9-6-10-16(13-15)19-20-17-11-4-5-12-18(17)21-19;/h5-15,17-18H,1-4H3;1-9,11-13H;/q2*-1;. The number of para-hydroxylation sites is 3. The van der Waals surface area contributed by atoms with Gasteiger partial charge in [0.15, 0.2) is 0 Å². The topological polar surface area (TPSA) is 51.8 Å². The van der Waals surface area contributed by atoms with Gasteiger partial charge in [0.2, 0.25) is 0 Å². The minimum absolute atomic E-state index is 0. The second-order valence-electron chi connectivity index (χ2n) is 14.4. The molecule has 4 nitrogen and oxygen atoms in total. The van der Waals surface area contributed by atoms with E-state index in [1.807, 2.05) is 60.7 Å². The van der Waals surface area contributed by atoms with Crippen molar-refractivity contribution in [3.63, 3.8) is 0 Å². The molecule has 2 heterocycles. The average molecular weight is 888 g/mol. The van der Waals surface area contributed by atoms with Gasteiger partial charge in [0.05, 0.1) is 22.6 Å². The van der Waals surface area contributed by atoms with Crippen LogP contribution in [-0.4, -0.2) is 15.0 Å². The van der Waals surface area contributed by atoms with Crippen LogP contribution in [0.2, 0.25) is 0 Å². The maximum atomic E-state index is 5.80. The van der Waals surface area contributed by atoms with Crippen LogP contribution in [0.5, 0.6) is 0 Å². The quantitative estimate of drug-likeness (QED) is 0.165. The van der Waals surface area contributed by atoms with Crippen LogP contribution in [0.15, 0.2) is 156 Å². The molecule has 2 aromatic heterocycles. The number of fused-ring (bicyclic) bond motifs is 5. The van der Waals surface area contributed by atoms with Crippen molar-refractivity contribution in [3.8, 4) is 56.4 Å². The van der Waals surface area contributed by atoms with Gasteiger partial charge in [-0.3, -0.25) is 15.0 Å². The van der Waals surface area contributed by atoms with Crippen LogP contribution < -0.4 is 0 Å². The molecule has 7 aromatic carbocycles. The van der Waals surface area contributed by atoms with Crippen LogP contribution in [0.25, 0.3) is 78.4 Å². The SMILES string of the molecule is Cc1cccc(C)c1-c1nc(-c2[c-]cc3c(c2)-c2ccccc2C3(C)C)nc2ccccc12.[Ir].[c-]1ccc(-c2ccccc2)cc1-c1nc2ccccc2o1. The third-order valence-corrected chi connectivity index (χ3v) is 10.5. The van der Waals surface area contributed by atoms with E-state index in [4.69, 9.17) is 14.4 Å². The van der Waals surface area contributed by atoms with Crippen LogP contribution in [0.1, 0.15) is 36.1 Å². The number of hydrogen-bond donors (Lipinski definition) is 0. The van der Waals surface area contributed by atoms with Gasteiger partial charge < -0.3 is 4.42 Å². The van der Waals surface area contributed by atoms with Crippen LogP contribution >= 0.6 is 0 Å². The summed E-state index contributed by atoms with van der Waals surface area (Å²) in [6.45, 7) is 8.88. The molecule has 0 saturated carbocycles. The third-order valence-electron chi connectivity index (χ3n) is 10.5. The first-order chi connectivity index (χ1) is 26.3. The summed E-state index contributed by atoms with van der Waals surface area (Å²) in [6, 6.07) is 58.5. The summed E-state index contributed by atoms with van der Waals surface area (Å²) in [6.07, 6.45) is 0. The molecule has 269 valence electrons. The summed E-state index contributed by atoms with van der Waals surface area (Å²) in [5, 5.41) is 1.08. The zero-order valence-electron chi connectivity index (χ0n) is 31.0. The molecule has 0 spiro atoms. The Morgan fingerprint density at radius 3 is 2.07 bits per heavy atom. The van der Waals surface area contributed by atoms with Gasteiger partial charge in [0.25, 0.3) is 0 Å². The zero-order chi connectivity index (χ0) is 36.8. The van der Waals surface area contributed by atoms with Crippen molar-refractivity contribution >= 4 is 22.0 Å². The summed E-state index contributed by atoms with van der Waals surface area (Å²) in [7, 11) is 0. The van der Waals surface area contributed by atoms with Gasteiger partial charge in [-0.15, -0.1) is 59.2 Å². The molecular weight excluding hydrogens is 851 g/mol. The van der Waals surface area contributed by atoms with E-state index in [0.717, 1.165) is 50.2 Å². The Morgan fingerprint density at radius 1 is 0.564 bits per heavy atom. The Balaban J connectivity index is 0.000000168. The van der Waals surface area contributed by atoms with Gasteiger partial charge in [-0.2, -0.15) is 0 Å². The molecule has 1 aliphatic rings. The number of benzene rings is 7. The van der Waals surface area contributed by atoms with Crippen molar-refractivity contribution in [1.29, 1.82) is 0 Å². The minimum Gasteiger partial charge on any atom is -0.481 e. The van der Waals surface area contributed by atoms with E-state index in [9.17, 15) is 0 Å². The number of hydrogen-bond acceptors (Lipinski definition) is 4. The van der Waals surface area contributed by atoms with Crippen LogP contribution in [0.3, 0.4) is 0 Å². The summed E-state index contributed by atoms with van der Waals surface area (Å²) >= 11 is 0. The molecule has 1 aliphatic carbocycles. The predicted molar refractivity (Wildman–Crippen MR) is 220 cm³/mol. The Bertz CT molecular complexity index is 2790. The maximum Gasteiger partial charge on any atom is 0.141 e. The maximum absolute atomic E-state index is 5.80. The number of rotatable bonds is 4. The summed E-state index contributed by atoms with van der Waals surface area (Å²) in [5.74, 6) is 1.32. The normalized spacial score (nSPS) is 12.4. The fourth-order valence-electron chi connectivity index (χ4n) is 7.73. The van der Waals surface area contributed by atoms with Crippen molar-refractivity contribution in [2.75, 3.05) is 0 Å². The van der Waals surface area contributed by atoms with Gasteiger partial charge in [-0.1, -0.05) is 128 Å². The molecule has 0 fully saturated rings. The van der Waals surface area contributed by atoms with Crippen LogP contribution in [0.4, 0.5) is 0 Å². The van der Waals surface area contributed by atoms with E-state index in [-0.39, 0.29) is 25.5 Å². The van der Waals surface area contributed by atoms with E-state index < -0.39 is 0 Å². The molecule has 0 unspecified atom stereocenters. The molecule has 0 N–H and O–H groups in total. The molecule has 10 rings (SSSR count). The second kappa shape index (κ2) is 14.7. The van der Waals surface area contributed by atoms with E-state index in [0.29, 0.717) is 5.89 Å². The first kappa shape index (κ1) is 36.0. The molecular formula is C50H37IrN3O-2. The van der Waals surface area contributed by atoms with Gasteiger partial charge in [-0.25, -0.2) is 0 Å². The van der Waals surface area contributed by atoms with Crippen molar-refractivity contribution < 1.29 is 24.5 Å². The number of aryl methyl sites for hydroxylation is 2. The average Bonchev–Trinajstić information content (AvgIpc) is 3.75. The number of nitrogens with zero attached hydrogens (tertiary/aromatic N) is 3. The van der Waals surface area contributed by atoms with Crippen molar-refractivity contribution in [2.45, 2.75) is 33.1 Å². The van der Waals surface area contributed by atoms with Gasteiger partial charge in [0, 0.05) is 31.1 Å². The fourth-order valence-corrected chi connectivity index (χ4v) is 7.73. The molecule has 0 bridgehead atoms. The van der Waals surface area contributed by atoms with E-state index in [1.165, 1.54) is 44.5 Å². The number of oxazole rings is 1. The van der Waals surface area contributed by atoms with E-state index in [1.54, 1.807) is 0 Å². The molecule has 9 aromatic rings. The van der Waals surface area contributed by atoms with Crippen molar-refractivity contribution in [2.24, 2.45) is 0 Å². The summed E-state index contributed by atoms with van der Waals surface area (Å²) < 4.78 is 5.80. The Hall–Kier alpha value is -6.00. The zero-order valence-corrected chi connectivity index (χ0v) is 33.4. The molecule has 1 radical (unpaired) electrons. The molecule has 5 heteroatoms. The Morgan fingerprint density at radius 2 is 1.27 bits per heavy atom. The van der Waals surface area contributed by atoms with Gasteiger partial charge in [-0.05, 0) is 65.3 Å². The first-order valence-electron chi connectivity index (χ1n) is 18.3. The monoisotopic (exact) mass is 888 g/mol. The summed E-state index contributed by atoms with van der Waals surface area (Å²) in [5.41, 5.74) is 16.5. The molecule has 0 saturated heterocycles. The minimum atomic E-state index is -0.0331. The van der Waals surface area contributed by atoms with E-state index >= 15 is 0 Å². The first-order valence-corrected chi connectivity index (χ1v) is 18.3. The van der Waals surface area contributed by atoms with Crippen molar-refractivity contribution in [1.82, 2.24) is 15.0 Å². The Kier molecular flexibility index (Phi) is 9.61. The van der Waals surface area contributed by atoms with Crippen LogP contribution in [-0.2, 0) is 25.5 Å². The van der Waals surface area contributed by atoms with Gasteiger partial charge in [0.1, 0.15) is 11.5 Å². The van der Waals surface area contributed by atoms with Crippen molar-refractivity contribution in [3.05, 3.63) is 186 Å².